The zero-order valence-corrected chi connectivity index (χ0v) is 11.0. The third-order valence-corrected chi connectivity index (χ3v) is 4.75. The van der Waals surface area contributed by atoms with E-state index in [2.05, 4.69) is 0 Å². The predicted molar refractivity (Wildman–Crippen MR) is 62.0 cm³/mol. The van der Waals surface area contributed by atoms with Crippen LogP contribution in [0.2, 0.25) is 0 Å². The van der Waals surface area contributed by atoms with Crippen molar-refractivity contribution in [3.63, 3.8) is 0 Å². The number of allylic oxidation sites excluding steroid dienone is 2. The lowest BCUT2D eigenvalue weighted by Gasteiger charge is -2.53. The largest absolute Gasteiger partial charge is 0.550 e. The number of carbonyl (C=O) groups excluding carboxylic acids is 2. The van der Waals surface area contributed by atoms with Gasteiger partial charge in [-0.1, -0.05) is 12.2 Å². The average Bonchev–Trinajstić information content (AvgIpc) is 3.26. The Labute approximate surface area is 116 Å². The van der Waals surface area contributed by atoms with Gasteiger partial charge >= 0.3 is 0 Å². The van der Waals surface area contributed by atoms with E-state index < -0.39 is 22.8 Å². The molecule has 6 nitrogen and oxygen atoms in total. The Balaban J connectivity index is 2.02. The quantitative estimate of drug-likeness (QED) is 0.428. The topological polar surface area (TPSA) is 105 Å². The van der Waals surface area contributed by atoms with E-state index in [-0.39, 0.29) is 37.9 Å². The molecule has 0 saturated carbocycles. The molecule has 0 radical (unpaired) electrons. The Morgan fingerprint density at radius 3 is 1.55 bits per heavy atom. The number of ether oxygens (including phenoxy) is 2. The van der Waals surface area contributed by atoms with Crippen molar-refractivity contribution in [2.45, 2.75) is 37.9 Å². The van der Waals surface area contributed by atoms with Crippen molar-refractivity contribution in [2.24, 2.45) is 10.8 Å². The van der Waals surface area contributed by atoms with Crippen molar-refractivity contribution in [3.8, 4) is 0 Å². The summed E-state index contributed by atoms with van der Waals surface area (Å²) in [5.41, 5.74) is -2.96. The first-order valence-electron chi connectivity index (χ1n) is 6.81. The Morgan fingerprint density at radius 2 is 1.30 bits per heavy atom. The molecule has 3 aliphatic rings. The number of rotatable bonds is 6. The maximum atomic E-state index is 11.8. The van der Waals surface area contributed by atoms with Gasteiger partial charge in [0, 0.05) is 22.8 Å². The van der Waals surface area contributed by atoms with E-state index in [1.807, 2.05) is 0 Å². The fourth-order valence-electron chi connectivity index (χ4n) is 3.39. The molecule has 0 aromatic rings. The third kappa shape index (κ3) is 2.03. The molecule has 2 fully saturated rings. The molecule has 0 amide bonds. The second-order valence-electron chi connectivity index (χ2n) is 5.94. The van der Waals surface area contributed by atoms with Crippen LogP contribution < -0.4 is 10.2 Å². The molecule has 1 aliphatic carbocycles. The molecular formula is C14H16O6-2. The van der Waals surface area contributed by atoms with Gasteiger partial charge in [0.05, 0.1) is 25.4 Å². The maximum absolute atomic E-state index is 11.8. The molecule has 0 aromatic carbocycles. The number of hydrogen-bond donors (Lipinski definition) is 0. The summed E-state index contributed by atoms with van der Waals surface area (Å²) in [6, 6.07) is 0. The molecule has 3 rings (SSSR count). The van der Waals surface area contributed by atoms with E-state index in [1.54, 1.807) is 12.2 Å². The van der Waals surface area contributed by atoms with Crippen LogP contribution in [0, 0.1) is 10.8 Å². The summed E-state index contributed by atoms with van der Waals surface area (Å²) in [4.78, 5) is 23.7. The smallest absolute Gasteiger partial charge is 0.0819 e. The highest BCUT2D eigenvalue weighted by atomic mass is 16.6. The summed E-state index contributed by atoms with van der Waals surface area (Å²) in [7, 11) is 0. The Morgan fingerprint density at radius 1 is 0.950 bits per heavy atom. The summed E-state index contributed by atoms with van der Waals surface area (Å²) in [6.07, 6.45) is 3.61. The van der Waals surface area contributed by atoms with Crippen molar-refractivity contribution >= 4 is 11.9 Å². The van der Waals surface area contributed by atoms with Gasteiger partial charge in [-0.3, -0.25) is 0 Å². The first-order chi connectivity index (χ1) is 9.50. The number of epoxide rings is 2. The zero-order valence-electron chi connectivity index (χ0n) is 11.0. The van der Waals surface area contributed by atoms with Crippen LogP contribution in [0.15, 0.2) is 12.2 Å². The molecule has 0 N–H and O–H groups in total. The van der Waals surface area contributed by atoms with Crippen molar-refractivity contribution in [1.29, 1.82) is 0 Å². The molecule has 20 heavy (non-hydrogen) atoms. The molecule has 0 bridgehead atoms. The van der Waals surface area contributed by atoms with Gasteiger partial charge in [-0.05, 0) is 25.7 Å². The number of aliphatic carboxylic acids is 2. The fraction of sp³-hybridized carbons (Fsp3) is 0.714. The summed E-state index contributed by atoms with van der Waals surface area (Å²) in [5.74, 6) is -2.66. The average molecular weight is 280 g/mol. The molecule has 0 spiro atoms. The van der Waals surface area contributed by atoms with Gasteiger partial charge in [0.2, 0.25) is 0 Å². The maximum Gasteiger partial charge on any atom is 0.0819 e. The zero-order chi connectivity index (χ0) is 14.4. The summed E-state index contributed by atoms with van der Waals surface area (Å²) in [6.45, 7) is 0.948. The minimum atomic E-state index is -1.48. The first kappa shape index (κ1) is 13.6. The van der Waals surface area contributed by atoms with Crippen LogP contribution in [0.3, 0.4) is 0 Å². The SMILES string of the molecule is O=C([O-])C1(CC2CO2)CC=CCC1(CC1CO1)C(=O)[O-]. The number of carboxylic acids is 2. The Hall–Kier alpha value is -1.40. The second kappa shape index (κ2) is 4.56. The van der Waals surface area contributed by atoms with Gasteiger partial charge in [-0.2, -0.15) is 0 Å². The van der Waals surface area contributed by atoms with Gasteiger partial charge < -0.3 is 29.3 Å². The lowest BCUT2D eigenvalue weighted by atomic mass is 9.54. The van der Waals surface area contributed by atoms with Gasteiger partial charge in [-0.15, -0.1) is 0 Å². The van der Waals surface area contributed by atoms with Crippen molar-refractivity contribution in [2.75, 3.05) is 13.2 Å². The molecule has 2 saturated heterocycles. The van der Waals surface area contributed by atoms with Crippen LogP contribution in [0.1, 0.15) is 25.7 Å². The third-order valence-electron chi connectivity index (χ3n) is 4.75. The van der Waals surface area contributed by atoms with E-state index >= 15 is 0 Å². The van der Waals surface area contributed by atoms with Crippen molar-refractivity contribution in [1.82, 2.24) is 0 Å². The van der Waals surface area contributed by atoms with E-state index in [4.69, 9.17) is 9.47 Å². The normalized spacial score (nSPS) is 42.2. The fourth-order valence-corrected chi connectivity index (χ4v) is 3.39. The molecule has 4 atom stereocenters. The minimum absolute atomic E-state index is 0.135. The second-order valence-corrected chi connectivity index (χ2v) is 5.94. The molecular weight excluding hydrogens is 264 g/mol. The predicted octanol–water partition coefficient (Wildman–Crippen LogP) is -1.61. The Kier molecular flexibility index (Phi) is 3.10. The highest BCUT2D eigenvalue weighted by molar-refractivity contribution is 5.85. The summed E-state index contributed by atoms with van der Waals surface area (Å²) in [5, 5.41) is 23.7. The van der Waals surface area contributed by atoms with Crippen LogP contribution >= 0.6 is 0 Å². The molecule has 2 aliphatic heterocycles. The highest BCUT2D eigenvalue weighted by Crippen LogP contribution is 2.55. The van der Waals surface area contributed by atoms with Gasteiger partial charge in [0.1, 0.15) is 0 Å². The number of carbonyl (C=O) groups is 2. The molecule has 110 valence electrons. The molecule has 0 aromatic heterocycles. The van der Waals surface area contributed by atoms with Gasteiger partial charge in [0.15, 0.2) is 0 Å². The lowest BCUT2D eigenvalue weighted by Crippen LogP contribution is -2.62. The van der Waals surface area contributed by atoms with Crippen LogP contribution in [0.25, 0.3) is 0 Å². The molecule has 4 unspecified atom stereocenters. The monoisotopic (exact) mass is 280 g/mol. The standard InChI is InChI=1S/C14H18O6/c15-11(16)13(5-9-7-19-9)3-1-2-4-14(13,12(17)18)6-10-8-20-10/h1-2,9-10H,3-8H2,(H,15,16)(H,17,18)/p-2. The van der Waals surface area contributed by atoms with Crippen LogP contribution in [0.4, 0.5) is 0 Å². The van der Waals surface area contributed by atoms with Gasteiger partial charge in [-0.25, -0.2) is 0 Å². The first-order valence-corrected chi connectivity index (χ1v) is 6.81. The van der Waals surface area contributed by atoms with Crippen LogP contribution in [-0.4, -0.2) is 37.4 Å². The molecule has 2 heterocycles. The number of hydrogen-bond acceptors (Lipinski definition) is 6. The van der Waals surface area contributed by atoms with Crippen molar-refractivity contribution in [3.05, 3.63) is 12.2 Å². The van der Waals surface area contributed by atoms with Crippen LogP contribution in [0.5, 0.6) is 0 Å². The number of carboxylic acid groups (broad SMARTS) is 2. The summed E-state index contributed by atoms with van der Waals surface area (Å²) >= 11 is 0. The van der Waals surface area contributed by atoms with Crippen molar-refractivity contribution < 1.29 is 29.3 Å². The Bertz CT molecular complexity index is 422. The van der Waals surface area contributed by atoms with E-state index in [0.717, 1.165) is 0 Å². The molecule has 6 heteroatoms. The van der Waals surface area contributed by atoms with E-state index in [1.165, 1.54) is 0 Å². The minimum Gasteiger partial charge on any atom is -0.550 e. The highest BCUT2D eigenvalue weighted by Gasteiger charge is 2.57. The van der Waals surface area contributed by atoms with Crippen LogP contribution in [-0.2, 0) is 19.1 Å². The lowest BCUT2D eigenvalue weighted by molar-refractivity contribution is -0.347. The summed E-state index contributed by atoms with van der Waals surface area (Å²) < 4.78 is 10.2. The van der Waals surface area contributed by atoms with E-state index in [0.29, 0.717) is 13.2 Å². The van der Waals surface area contributed by atoms with Gasteiger partial charge in [0.25, 0.3) is 0 Å². The van der Waals surface area contributed by atoms with E-state index in [9.17, 15) is 19.8 Å².